The van der Waals surface area contributed by atoms with Crippen LogP contribution < -0.4 is 10.1 Å². The average molecular weight is 369 g/mol. The van der Waals surface area contributed by atoms with Crippen molar-refractivity contribution in [1.29, 1.82) is 0 Å². The Morgan fingerprint density at radius 1 is 1.15 bits per heavy atom. The molecule has 0 saturated heterocycles. The molecule has 0 aromatic heterocycles. The van der Waals surface area contributed by atoms with Crippen LogP contribution in [0.25, 0.3) is 6.08 Å². The molecule has 27 heavy (non-hydrogen) atoms. The lowest BCUT2D eigenvalue weighted by Crippen LogP contribution is -2.29. The number of carbonyl (C=O) groups excluding carboxylic acids is 2. The number of rotatable bonds is 8. The van der Waals surface area contributed by atoms with E-state index < -0.39 is 23.8 Å². The largest absolute Gasteiger partial charge is 0.490 e. The van der Waals surface area contributed by atoms with Crippen molar-refractivity contribution in [1.82, 2.24) is 0 Å². The highest BCUT2D eigenvalue weighted by Gasteiger charge is 2.16. The molecular formula is C21H20FNO4. The predicted octanol–water partition coefficient (Wildman–Crippen LogP) is 3.97. The van der Waals surface area contributed by atoms with E-state index in [4.69, 9.17) is 9.47 Å². The summed E-state index contributed by atoms with van der Waals surface area (Å²) in [6.07, 6.45) is 3.46. The van der Waals surface area contributed by atoms with Crippen LogP contribution in [0.5, 0.6) is 5.75 Å². The molecule has 0 saturated carbocycles. The first-order valence-corrected chi connectivity index (χ1v) is 8.27. The summed E-state index contributed by atoms with van der Waals surface area (Å²) in [5.74, 6) is -0.866. The highest BCUT2D eigenvalue weighted by molar-refractivity contribution is 5.96. The Morgan fingerprint density at radius 2 is 1.81 bits per heavy atom. The molecular weight excluding hydrogens is 349 g/mol. The summed E-state index contributed by atoms with van der Waals surface area (Å²) in [6.45, 7) is 5.44. The summed E-state index contributed by atoms with van der Waals surface area (Å²) in [7, 11) is 0. The van der Waals surface area contributed by atoms with Gasteiger partial charge in [-0.1, -0.05) is 24.8 Å². The normalized spacial score (nSPS) is 11.6. The summed E-state index contributed by atoms with van der Waals surface area (Å²) >= 11 is 0. The molecule has 2 aromatic rings. The molecule has 140 valence electrons. The third kappa shape index (κ3) is 6.78. The fourth-order valence-corrected chi connectivity index (χ4v) is 2.04. The number of carbonyl (C=O) groups is 2. The Bertz CT molecular complexity index is 813. The van der Waals surface area contributed by atoms with Crippen LogP contribution in [0.4, 0.5) is 10.1 Å². The lowest BCUT2D eigenvalue weighted by Gasteiger charge is -2.12. The summed E-state index contributed by atoms with van der Waals surface area (Å²) in [5, 5.41) is 2.54. The van der Waals surface area contributed by atoms with Gasteiger partial charge in [-0.3, -0.25) is 4.79 Å². The fourth-order valence-electron chi connectivity index (χ4n) is 2.04. The summed E-state index contributed by atoms with van der Waals surface area (Å²) < 4.78 is 23.3. The number of ether oxygens (including phenoxy) is 2. The molecule has 0 aliphatic heterocycles. The van der Waals surface area contributed by atoms with Crippen molar-refractivity contribution in [2.45, 2.75) is 13.0 Å². The first-order valence-electron chi connectivity index (χ1n) is 8.27. The number of nitrogens with one attached hydrogen (secondary N) is 1. The quantitative estimate of drug-likeness (QED) is 0.434. The number of amides is 1. The van der Waals surface area contributed by atoms with Crippen molar-refractivity contribution in [2.75, 3.05) is 11.9 Å². The lowest BCUT2D eigenvalue weighted by molar-refractivity contribution is -0.148. The minimum absolute atomic E-state index is 0.405. The number of hydrogen-bond donors (Lipinski definition) is 1. The van der Waals surface area contributed by atoms with Crippen molar-refractivity contribution in [2.24, 2.45) is 0 Å². The second kappa shape index (κ2) is 9.91. The Balaban J connectivity index is 1.84. The summed E-state index contributed by atoms with van der Waals surface area (Å²) in [6, 6.07) is 12.4. The monoisotopic (exact) mass is 369 g/mol. The maximum atomic E-state index is 12.9. The Morgan fingerprint density at radius 3 is 2.44 bits per heavy atom. The Labute approximate surface area is 157 Å². The van der Waals surface area contributed by atoms with Crippen LogP contribution >= 0.6 is 0 Å². The molecule has 0 fully saturated rings. The van der Waals surface area contributed by atoms with Crippen molar-refractivity contribution in [3.05, 3.63) is 78.6 Å². The zero-order valence-electron chi connectivity index (χ0n) is 14.9. The first kappa shape index (κ1) is 19.9. The number of halogens is 1. The van der Waals surface area contributed by atoms with Gasteiger partial charge in [-0.2, -0.15) is 0 Å². The van der Waals surface area contributed by atoms with Crippen molar-refractivity contribution in [3.63, 3.8) is 0 Å². The van der Waals surface area contributed by atoms with E-state index in [1.54, 1.807) is 36.4 Å². The molecule has 1 N–H and O–H groups in total. The van der Waals surface area contributed by atoms with Gasteiger partial charge in [-0.15, -0.1) is 0 Å². The zero-order chi connectivity index (χ0) is 19.6. The van der Waals surface area contributed by atoms with Crippen LogP contribution in [0.3, 0.4) is 0 Å². The second-order valence-electron chi connectivity index (χ2n) is 5.58. The molecule has 5 nitrogen and oxygen atoms in total. The molecule has 0 radical (unpaired) electrons. The van der Waals surface area contributed by atoms with Crippen LogP contribution in [-0.4, -0.2) is 24.6 Å². The van der Waals surface area contributed by atoms with E-state index in [1.165, 1.54) is 37.3 Å². The molecule has 0 bridgehead atoms. The predicted molar refractivity (Wildman–Crippen MR) is 102 cm³/mol. The Hall–Kier alpha value is -3.41. The second-order valence-corrected chi connectivity index (χ2v) is 5.58. The van der Waals surface area contributed by atoms with Crippen molar-refractivity contribution >= 4 is 23.6 Å². The van der Waals surface area contributed by atoms with Gasteiger partial charge in [0.15, 0.2) is 6.10 Å². The van der Waals surface area contributed by atoms with Crippen LogP contribution in [0.1, 0.15) is 12.5 Å². The smallest absolute Gasteiger partial charge is 0.331 e. The number of esters is 1. The minimum Gasteiger partial charge on any atom is -0.490 e. The van der Waals surface area contributed by atoms with Gasteiger partial charge in [0, 0.05) is 11.8 Å². The SMILES string of the molecule is C=CCOc1ccc(/C=C/C(=O)O[C@H](C)C(=O)Nc2ccc(F)cc2)cc1. The van der Waals surface area contributed by atoms with E-state index in [-0.39, 0.29) is 0 Å². The molecule has 0 heterocycles. The van der Waals surface area contributed by atoms with E-state index in [1.807, 2.05) is 0 Å². The van der Waals surface area contributed by atoms with Crippen LogP contribution in [0.2, 0.25) is 0 Å². The first-order chi connectivity index (χ1) is 13.0. The highest BCUT2D eigenvalue weighted by atomic mass is 19.1. The third-order valence-corrected chi connectivity index (χ3v) is 3.43. The van der Waals surface area contributed by atoms with E-state index in [2.05, 4.69) is 11.9 Å². The van der Waals surface area contributed by atoms with Crippen LogP contribution in [-0.2, 0) is 14.3 Å². The van der Waals surface area contributed by atoms with Gasteiger partial charge < -0.3 is 14.8 Å². The average Bonchev–Trinajstić information content (AvgIpc) is 2.67. The van der Waals surface area contributed by atoms with E-state index in [0.717, 1.165) is 5.56 Å². The lowest BCUT2D eigenvalue weighted by atomic mass is 10.2. The zero-order valence-corrected chi connectivity index (χ0v) is 14.9. The molecule has 1 atom stereocenters. The van der Waals surface area contributed by atoms with E-state index in [0.29, 0.717) is 18.0 Å². The number of benzene rings is 2. The molecule has 0 aliphatic carbocycles. The van der Waals surface area contributed by atoms with Gasteiger partial charge in [0.25, 0.3) is 5.91 Å². The number of anilines is 1. The minimum atomic E-state index is -0.998. The topological polar surface area (TPSA) is 64.6 Å². The molecule has 0 unspecified atom stereocenters. The van der Waals surface area contributed by atoms with Crippen molar-refractivity contribution in [3.8, 4) is 5.75 Å². The fraction of sp³-hybridized carbons (Fsp3) is 0.143. The molecule has 6 heteroatoms. The Kier molecular flexibility index (Phi) is 7.31. The third-order valence-electron chi connectivity index (χ3n) is 3.43. The van der Waals surface area contributed by atoms with E-state index >= 15 is 0 Å². The summed E-state index contributed by atoms with van der Waals surface area (Å²) in [4.78, 5) is 23.9. The molecule has 0 spiro atoms. The van der Waals surface area contributed by atoms with Gasteiger partial charge in [-0.05, 0) is 55.0 Å². The van der Waals surface area contributed by atoms with Gasteiger partial charge in [0.05, 0.1) is 0 Å². The maximum Gasteiger partial charge on any atom is 0.331 e. The van der Waals surface area contributed by atoms with Gasteiger partial charge in [-0.25, -0.2) is 9.18 Å². The van der Waals surface area contributed by atoms with Crippen molar-refractivity contribution < 1.29 is 23.5 Å². The van der Waals surface area contributed by atoms with Crippen LogP contribution in [0, 0.1) is 5.82 Å². The highest BCUT2D eigenvalue weighted by Crippen LogP contribution is 2.13. The van der Waals surface area contributed by atoms with E-state index in [9.17, 15) is 14.0 Å². The standard InChI is InChI=1S/C21H20FNO4/c1-3-14-26-19-11-4-16(5-12-19)6-13-20(24)27-15(2)21(25)23-18-9-7-17(22)8-10-18/h3-13,15H,1,14H2,2H3,(H,23,25)/b13-6+/t15-/m1/s1. The molecule has 2 aromatic carbocycles. The molecule has 0 aliphatic rings. The van der Waals surface area contributed by atoms with Crippen LogP contribution in [0.15, 0.2) is 67.3 Å². The molecule has 2 rings (SSSR count). The van der Waals surface area contributed by atoms with Gasteiger partial charge in [0.1, 0.15) is 18.2 Å². The van der Waals surface area contributed by atoms with Gasteiger partial charge in [0.2, 0.25) is 0 Å². The maximum absolute atomic E-state index is 12.9. The number of hydrogen-bond acceptors (Lipinski definition) is 4. The van der Waals surface area contributed by atoms with Gasteiger partial charge >= 0.3 is 5.97 Å². The summed E-state index contributed by atoms with van der Waals surface area (Å²) in [5.41, 5.74) is 1.19. The molecule has 1 amide bonds.